The Labute approximate surface area is 175 Å². The molecule has 31 heavy (non-hydrogen) atoms. The predicted molar refractivity (Wildman–Crippen MR) is 105 cm³/mol. The van der Waals surface area contributed by atoms with Gasteiger partial charge in [0.05, 0.1) is 6.61 Å². The van der Waals surface area contributed by atoms with Crippen molar-refractivity contribution in [3.05, 3.63) is 52.8 Å². The van der Waals surface area contributed by atoms with Crippen molar-refractivity contribution in [1.29, 1.82) is 0 Å². The Bertz CT molecular complexity index is 1160. The molecule has 1 aliphatic rings. The second kappa shape index (κ2) is 7.81. The Kier molecular flexibility index (Phi) is 5.31. The minimum absolute atomic E-state index is 0.0160. The SMILES string of the molecule is CC(C)(F)CO[C@H]1COc2ccccc2C1C#[N+]c1ncnc2[nH]c(C(F)(F)F)cc12. The van der Waals surface area contributed by atoms with Crippen LogP contribution in [0.15, 0.2) is 36.7 Å². The summed E-state index contributed by atoms with van der Waals surface area (Å²) in [6.45, 7) is 2.80. The van der Waals surface area contributed by atoms with E-state index >= 15 is 0 Å². The summed E-state index contributed by atoms with van der Waals surface area (Å²) in [5, 5.41) is 0.116. The number of hydrogen-bond donors (Lipinski definition) is 1. The molecule has 6 nitrogen and oxygen atoms in total. The molecular formula is C21H19F4N4O2+. The Hall–Kier alpha value is -3.19. The normalized spacial score (nSPS) is 18.8. The van der Waals surface area contributed by atoms with Crippen LogP contribution in [-0.4, -0.2) is 39.9 Å². The smallest absolute Gasteiger partial charge is 0.438 e. The number of ether oxygens (including phenoxy) is 2. The molecule has 0 amide bonds. The van der Waals surface area contributed by atoms with Gasteiger partial charge in [0.2, 0.25) is 6.33 Å². The number of H-pyrrole nitrogens is 1. The molecule has 162 valence electrons. The first-order chi connectivity index (χ1) is 14.6. The summed E-state index contributed by atoms with van der Waals surface area (Å²) < 4.78 is 64.5. The van der Waals surface area contributed by atoms with Gasteiger partial charge < -0.3 is 14.5 Å². The number of hydrogen-bond acceptors (Lipinski definition) is 4. The average molecular weight is 435 g/mol. The highest BCUT2D eigenvalue weighted by Gasteiger charge is 2.36. The number of nitrogens with zero attached hydrogens (tertiary/aromatic N) is 3. The maximum absolute atomic E-state index is 14.0. The number of aromatic amines is 1. The lowest BCUT2D eigenvalue weighted by molar-refractivity contribution is -0.140. The van der Waals surface area contributed by atoms with Crippen LogP contribution < -0.4 is 4.74 Å². The quantitative estimate of drug-likeness (QED) is 0.571. The predicted octanol–water partition coefficient (Wildman–Crippen LogP) is 5.25. The summed E-state index contributed by atoms with van der Waals surface area (Å²) in [5.74, 6) is 0.118. The summed E-state index contributed by atoms with van der Waals surface area (Å²) in [6, 6.07) is 11.1. The zero-order valence-corrected chi connectivity index (χ0v) is 16.7. The monoisotopic (exact) mass is 435 g/mol. The third-order valence-electron chi connectivity index (χ3n) is 4.69. The Morgan fingerprint density at radius 3 is 2.74 bits per heavy atom. The van der Waals surface area contributed by atoms with Gasteiger partial charge >= 0.3 is 12.0 Å². The van der Waals surface area contributed by atoms with E-state index in [1.165, 1.54) is 13.8 Å². The minimum atomic E-state index is -4.55. The van der Waals surface area contributed by atoms with E-state index in [1.807, 2.05) is 18.2 Å². The fourth-order valence-electron chi connectivity index (χ4n) is 3.24. The number of alkyl halides is 4. The second-order valence-electron chi connectivity index (χ2n) is 7.78. The maximum atomic E-state index is 14.0. The number of para-hydroxylation sites is 1. The van der Waals surface area contributed by atoms with E-state index in [0.29, 0.717) is 5.75 Å². The van der Waals surface area contributed by atoms with Crippen molar-refractivity contribution in [1.82, 2.24) is 15.0 Å². The summed E-state index contributed by atoms with van der Waals surface area (Å²) in [5.41, 5.74) is -1.74. The van der Waals surface area contributed by atoms with Gasteiger partial charge in [0.25, 0.3) is 0 Å². The van der Waals surface area contributed by atoms with E-state index in [9.17, 15) is 17.6 Å². The molecule has 0 fully saturated rings. The van der Waals surface area contributed by atoms with E-state index in [0.717, 1.165) is 18.0 Å². The first-order valence-electron chi connectivity index (χ1n) is 9.51. The van der Waals surface area contributed by atoms with Gasteiger partial charge in [0.1, 0.15) is 41.1 Å². The van der Waals surface area contributed by atoms with E-state index in [1.54, 1.807) is 6.07 Å². The molecule has 2 aromatic heterocycles. The van der Waals surface area contributed by atoms with Gasteiger partial charge in [-0.15, -0.1) is 0 Å². The van der Waals surface area contributed by atoms with Crippen LogP contribution in [0, 0.1) is 6.07 Å². The molecular weight excluding hydrogens is 416 g/mol. The Balaban J connectivity index is 1.72. The molecule has 1 aromatic carbocycles. The fraction of sp³-hybridized carbons (Fsp3) is 0.381. The van der Waals surface area contributed by atoms with Gasteiger partial charge in [0, 0.05) is 5.56 Å². The molecule has 0 saturated heterocycles. The third-order valence-corrected chi connectivity index (χ3v) is 4.69. The van der Waals surface area contributed by atoms with Crippen molar-refractivity contribution < 1.29 is 27.0 Å². The highest BCUT2D eigenvalue weighted by molar-refractivity contribution is 5.88. The molecule has 1 N–H and O–H groups in total. The average Bonchev–Trinajstić information content (AvgIpc) is 3.16. The van der Waals surface area contributed by atoms with Crippen LogP contribution in [-0.2, 0) is 10.9 Å². The third kappa shape index (κ3) is 4.61. The van der Waals surface area contributed by atoms with Gasteiger partial charge in [-0.1, -0.05) is 18.2 Å². The summed E-state index contributed by atoms with van der Waals surface area (Å²) in [4.78, 5) is 14.3. The van der Waals surface area contributed by atoms with Crippen molar-refractivity contribution in [3.8, 4) is 11.8 Å². The van der Waals surface area contributed by atoms with Gasteiger partial charge in [-0.05, 0) is 31.0 Å². The van der Waals surface area contributed by atoms with Gasteiger partial charge in [-0.3, -0.25) is 0 Å². The van der Waals surface area contributed by atoms with E-state index in [2.05, 4.69) is 25.9 Å². The van der Waals surface area contributed by atoms with Crippen LogP contribution in [0.3, 0.4) is 0 Å². The first-order valence-corrected chi connectivity index (χ1v) is 9.51. The maximum Gasteiger partial charge on any atom is 0.438 e. The van der Waals surface area contributed by atoms with E-state index in [4.69, 9.17) is 9.47 Å². The summed E-state index contributed by atoms with van der Waals surface area (Å²) in [6.07, 6.45) is -4.01. The highest BCUT2D eigenvalue weighted by Crippen LogP contribution is 2.37. The van der Waals surface area contributed by atoms with Gasteiger partial charge in [-0.25, -0.2) is 4.39 Å². The molecule has 4 rings (SSSR count). The van der Waals surface area contributed by atoms with Crippen molar-refractivity contribution >= 4 is 16.9 Å². The molecule has 0 saturated carbocycles. The van der Waals surface area contributed by atoms with Crippen molar-refractivity contribution in [2.45, 2.75) is 37.7 Å². The van der Waals surface area contributed by atoms with Crippen molar-refractivity contribution in [3.63, 3.8) is 0 Å². The zero-order valence-electron chi connectivity index (χ0n) is 16.7. The lowest BCUT2D eigenvalue weighted by Gasteiger charge is -2.30. The van der Waals surface area contributed by atoms with E-state index in [-0.39, 0.29) is 30.1 Å². The molecule has 1 aliphatic heterocycles. The molecule has 3 heterocycles. The summed E-state index contributed by atoms with van der Waals surface area (Å²) >= 11 is 0. The van der Waals surface area contributed by atoms with Crippen LogP contribution in [0.1, 0.15) is 31.0 Å². The van der Waals surface area contributed by atoms with Crippen LogP contribution in [0.5, 0.6) is 5.75 Å². The highest BCUT2D eigenvalue weighted by atomic mass is 19.4. The van der Waals surface area contributed by atoms with Crippen LogP contribution >= 0.6 is 0 Å². The molecule has 10 heteroatoms. The molecule has 0 aliphatic carbocycles. The molecule has 1 unspecified atom stereocenters. The largest absolute Gasteiger partial charge is 0.490 e. The Morgan fingerprint density at radius 1 is 1.23 bits per heavy atom. The number of nitrogens with one attached hydrogen (secondary N) is 1. The lowest BCUT2D eigenvalue weighted by Crippen LogP contribution is -2.36. The molecule has 0 spiro atoms. The van der Waals surface area contributed by atoms with Crippen molar-refractivity contribution in [2.24, 2.45) is 0 Å². The van der Waals surface area contributed by atoms with Gasteiger partial charge in [-0.2, -0.15) is 23.0 Å². The standard InChI is InChI=1S/C21H19F4N4O2/c1-20(2,22)10-31-16-9-30-15-6-4-3-5-12(15)14(16)8-26-18-13-7-17(21(23,24)25)29-19(13)28-11-27-18/h3-7,11,14,16H,9-10H2,1-2H3,(H,27,28,29)/q+1/t14?,16-/m0/s1. The molecule has 0 bridgehead atoms. The first kappa shape index (κ1) is 21.1. The number of rotatable bonds is 3. The summed E-state index contributed by atoms with van der Waals surface area (Å²) in [7, 11) is 0. The van der Waals surface area contributed by atoms with Crippen LogP contribution in [0.4, 0.5) is 23.4 Å². The Morgan fingerprint density at radius 2 is 2.00 bits per heavy atom. The molecule has 3 aromatic rings. The minimum Gasteiger partial charge on any atom is -0.490 e. The fourth-order valence-corrected chi connectivity index (χ4v) is 3.24. The number of fused-ring (bicyclic) bond motifs is 2. The lowest BCUT2D eigenvalue weighted by atomic mass is 9.92. The topological polar surface area (TPSA) is 64.4 Å². The van der Waals surface area contributed by atoms with E-state index < -0.39 is 29.6 Å². The van der Waals surface area contributed by atoms with Crippen LogP contribution in [0.25, 0.3) is 15.9 Å². The zero-order chi connectivity index (χ0) is 22.2. The van der Waals surface area contributed by atoms with Crippen molar-refractivity contribution in [2.75, 3.05) is 13.2 Å². The number of aromatic nitrogens is 3. The van der Waals surface area contributed by atoms with Crippen LogP contribution in [0.2, 0.25) is 0 Å². The number of benzene rings is 1. The number of halogens is 4. The second-order valence-corrected chi connectivity index (χ2v) is 7.78. The molecule has 2 atom stereocenters. The molecule has 0 radical (unpaired) electrons. The van der Waals surface area contributed by atoms with Gasteiger partial charge in [0.15, 0.2) is 11.7 Å².